The van der Waals surface area contributed by atoms with Gasteiger partial charge in [-0.2, -0.15) is 0 Å². The molecule has 1 aromatic heterocycles. The second kappa shape index (κ2) is 10.9. The number of benzene rings is 2. The lowest BCUT2D eigenvalue weighted by Gasteiger charge is -2.19. The van der Waals surface area contributed by atoms with E-state index < -0.39 is 6.04 Å². The summed E-state index contributed by atoms with van der Waals surface area (Å²) in [5.41, 5.74) is 3.28. The van der Waals surface area contributed by atoms with Crippen molar-refractivity contribution < 1.29 is 19.4 Å². The molecule has 3 aromatic rings. The van der Waals surface area contributed by atoms with Gasteiger partial charge in [-0.15, -0.1) is 0 Å². The molecule has 4 rings (SSSR count). The molecule has 0 unspecified atom stereocenters. The lowest BCUT2D eigenvalue weighted by Crippen LogP contribution is -2.33. The maximum Gasteiger partial charge on any atom is 0.255 e. The molecule has 0 saturated heterocycles. The largest absolute Gasteiger partial charge is 0.496 e. The van der Waals surface area contributed by atoms with Crippen LogP contribution in [0.2, 0.25) is 0 Å². The fourth-order valence-electron chi connectivity index (χ4n) is 4.32. The third-order valence-corrected chi connectivity index (χ3v) is 6.19. The van der Waals surface area contributed by atoms with E-state index in [4.69, 9.17) is 4.74 Å². The van der Waals surface area contributed by atoms with Crippen LogP contribution in [0.25, 0.3) is 11.1 Å². The van der Waals surface area contributed by atoms with Gasteiger partial charge in [0.2, 0.25) is 0 Å². The average Bonchev–Trinajstić information content (AvgIpc) is 3.40. The van der Waals surface area contributed by atoms with Gasteiger partial charge in [-0.05, 0) is 65.9 Å². The number of amides is 2. The number of aliphatic hydroxyl groups excluding tert-OH is 1. The molecule has 0 aliphatic heterocycles. The smallest absolute Gasteiger partial charge is 0.255 e. The lowest BCUT2D eigenvalue weighted by atomic mass is 10.0. The zero-order chi connectivity index (χ0) is 23.9. The van der Waals surface area contributed by atoms with E-state index in [-0.39, 0.29) is 24.5 Å². The lowest BCUT2D eigenvalue weighted by molar-refractivity contribution is 0.0912. The van der Waals surface area contributed by atoms with Crippen LogP contribution < -0.4 is 15.4 Å². The topological polar surface area (TPSA) is 101 Å². The number of aliphatic hydroxyl groups is 1. The number of nitrogens with one attached hydrogen (secondary N) is 2. The van der Waals surface area contributed by atoms with Crippen LogP contribution in [0.15, 0.2) is 67.0 Å². The van der Waals surface area contributed by atoms with Crippen LogP contribution in [-0.4, -0.2) is 41.7 Å². The second-order valence-corrected chi connectivity index (χ2v) is 8.44. The van der Waals surface area contributed by atoms with Gasteiger partial charge in [-0.3, -0.25) is 14.6 Å². The molecule has 3 N–H and O–H groups in total. The first kappa shape index (κ1) is 23.4. The molecular weight excluding hydrogens is 430 g/mol. The standard InChI is InChI=1S/C27H29N3O4/c1-34-25-10-9-19(18-11-13-28-14-12-18)16-23(25)27(33)30-24(17-31)20-5-4-6-21(15-20)26(32)29-22-7-2-3-8-22/h4-6,9-16,22,24,31H,2-3,7-8,17H2,1H3,(H,29,32)(H,30,33)/t24-/m1/s1. The van der Waals surface area contributed by atoms with Gasteiger partial charge in [0.05, 0.1) is 25.3 Å². The van der Waals surface area contributed by atoms with Gasteiger partial charge in [-0.1, -0.05) is 31.0 Å². The summed E-state index contributed by atoms with van der Waals surface area (Å²) in [7, 11) is 1.51. The first-order valence-corrected chi connectivity index (χ1v) is 11.5. The Kier molecular flexibility index (Phi) is 7.54. The van der Waals surface area contributed by atoms with Crippen molar-refractivity contribution in [2.45, 2.75) is 37.8 Å². The Labute approximate surface area is 199 Å². The van der Waals surface area contributed by atoms with Crippen LogP contribution >= 0.6 is 0 Å². The summed E-state index contributed by atoms with van der Waals surface area (Å²) in [4.78, 5) is 29.9. The van der Waals surface area contributed by atoms with Gasteiger partial charge in [0.15, 0.2) is 0 Å². The Hall–Kier alpha value is -3.71. The Morgan fingerprint density at radius 2 is 1.79 bits per heavy atom. The molecule has 0 spiro atoms. The Morgan fingerprint density at radius 1 is 1.03 bits per heavy atom. The zero-order valence-corrected chi connectivity index (χ0v) is 19.2. The third-order valence-electron chi connectivity index (χ3n) is 6.19. The van der Waals surface area contributed by atoms with Gasteiger partial charge in [0.1, 0.15) is 5.75 Å². The number of carbonyl (C=O) groups excluding carboxylic acids is 2. The summed E-state index contributed by atoms with van der Waals surface area (Å²) in [5, 5.41) is 16.0. The van der Waals surface area contributed by atoms with Crippen LogP contribution in [0.4, 0.5) is 0 Å². The molecule has 1 fully saturated rings. The number of nitrogens with zero attached hydrogens (tertiary/aromatic N) is 1. The van der Waals surface area contributed by atoms with Gasteiger partial charge in [0.25, 0.3) is 11.8 Å². The number of carbonyl (C=O) groups is 2. The number of hydrogen-bond donors (Lipinski definition) is 3. The monoisotopic (exact) mass is 459 g/mol. The fourth-order valence-corrected chi connectivity index (χ4v) is 4.32. The second-order valence-electron chi connectivity index (χ2n) is 8.44. The molecule has 1 saturated carbocycles. The highest BCUT2D eigenvalue weighted by Gasteiger charge is 2.21. The fraction of sp³-hybridized carbons (Fsp3) is 0.296. The van der Waals surface area contributed by atoms with Gasteiger partial charge in [-0.25, -0.2) is 0 Å². The van der Waals surface area contributed by atoms with Gasteiger partial charge >= 0.3 is 0 Å². The number of methoxy groups -OCH3 is 1. The summed E-state index contributed by atoms with van der Waals surface area (Å²) in [6, 6.07) is 15.6. The van der Waals surface area contributed by atoms with Gasteiger partial charge in [0, 0.05) is 24.0 Å². The van der Waals surface area contributed by atoms with Crippen molar-refractivity contribution in [3.63, 3.8) is 0 Å². The predicted octanol–water partition coefficient (Wildman–Crippen LogP) is 3.89. The van der Waals surface area contributed by atoms with Gasteiger partial charge < -0.3 is 20.5 Å². The van der Waals surface area contributed by atoms with E-state index >= 15 is 0 Å². The van der Waals surface area contributed by atoms with E-state index in [0.29, 0.717) is 22.4 Å². The number of rotatable bonds is 8. The molecule has 7 heteroatoms. The van der Waals surface area contributed by atoms with Crippen LogP contribution in [0.1, 0.15) is 58.0 Å². The molecule has 0 radical (unpaired) electrons. The van der Waals surface area contributed by atoms with E-state index in [1.807, 2.05) is 18.2 Å². The number of aromatic nitrogens is 1. The van der Waals surface area contributed by atoms with Crippen molar-refractivity contribution >= 4 is 11.8 Å². The van der Waals surface area contributed by atoms with E-state index in [9.17, 15) is 14.7 Å². The first-order chi connectivity index (χ1) is 16.6. The maximum atomic E-state index is 13.2. The van der Waals surface area contributed by atoms with Crippen LogP contribution in [0, 0.1) is 0 Å². The average molecular weight is 460 g/mol. The molecule has 7 nitrogen and oxygen atoms in total. The highest BCUT2D eigenvalue weighted by Crippen LogP contribution is 2.27. The zero-order valence-electron chi connectivity index (χ0n) is 19.2. The van der Waals surface area contributed by atoms with Crippen molar-refractivity contribution in [1.29, 1.82) is 0 Å². The molecule has 1 heterocycles. The highest BCUT2D eigenvalue weighted by atomic mass is 16.5. The minimum Gasteiger partial charge on any atom is -0.496 e. The molecule has 1 atom stereocenters. The molecule has 2 aromatic carbocycles. The van der Waals surface area contributed by atoms with E-state index in [2.05, 4.69) is 15.6 Å². The summed E-state index contributed by atoms with van der Waals surface area (Å²) < 4.78 is 5.40. The molecule has 1 aliphatic carbocycles. The van der Waals surface area contributed by atoms with E-state index in [0.717, 1.165) is 36.8 Å². The Morgan fingerprint density at radius 3 is 2.50 bits per heavy atom. The van der Waals surface area contributed by atoms with Crippen molar-refractivity contribution in [3.05, 3.63) is 83.7 Å². The van der Waals surface area contributed by atoms with Crippen molar-refractivity contribution in [3.8, 4) is 16.9 Å². The Bertz CT molecular complexity index is 1140. The quantitative estimate of drug-likeness (QED) is 0.474. The van der Waals surface area contributed by atoms with Crippen LogP contribution in [-0.2, 0) is 0 Å². The summed E-state index contributed by atoms with van der Waals surface area (Å²) >= 11 is 0. The predicted molar refractivity (Wildman–Crippen MR) is 130 cm³/mol. The minimum absolute atomic E-state index is 0.136. The third kappa shape index (κ3) is 5.43. The number of hydrogen-bond acceptors (Lipinski definition) is 5. The summed E-state index contributed by atoms with van der Waals surface area (Å²) in [5.74, 6) is -0.0900. The van der Waals surface area contributed by atoms with Crippen LogP contribution in [0.5, 0.6) is 5.75 Å². The molecule has 0 bridgehead atoms. The van der Waals surface area contributed by atoms with Crippen molar-refractivity contribution in [2.75, 3.05) is 13.7 Å². The van der Waals surface area contributed by atoms with Crippen molar-refractivity contribution in [2.24, 2.45) is 0 Å². The SMILES string of the molecule is COc1ccc(-c2ccncc2)cc1C(=O)N[C@H](CO)c1cccc(C(=O)NC2CCCC2)c1. The first-order valence-electron chi connectivity index (χ1n) is 11.5. The molecular formula is C27H29N3O4. The van der Waals surface area contributed by atoms with Crippen molar-refractivity contribution in [1.82, 2.24) is 15.6 Å². The normalized spacial score (nSPS) is 14.4. The molecule has 2 amide bonds. The van der Waals surface area contributed by atoms with Crippen LogP contribution in [0.3, 0.4) is 0 Å². The maximum absolute atomic E-state index is 13.2. The van der Waals surface area contributed by atoms with E-state index in [1.54, 1.807) is 48.8 Å². The molecule has 176 valence electrons. The highest BCUT2D eigenvalue weighted by molar-refractivity contribution is 5.98. The number of ether oxygens (including phenoxy) is 1. The Balaban J connectivity index is 1.53. The number of pyridine rings is 1. The summed E-state index contributed by atoms with van der Waals surface area (Å²) in [6.07, 6.45) is 7.65. The minimum atomic E-state index is -0.680. The summed E-state index contributed by atoms with van der Waals surface area (Å²) in [6.45, 7) is -0.314. The molecule has 1 aliphatic rings. The van der Waals surface area contributed by atoms with E-state index in [1.165, 1.54) is 7.11 Å². The molecule has 34 heavy (non-hydrogen) atoms.